The lowest BCUT2D eigenvalue weighted by Gasteiger charge is -2.01. The molecule has 0 atom stereocenters. The Labute approximate surface area is 209 Å². The Kier molecular flexibility index (Phi) is 6.18. The molecule has 0 N–H and O–H groups in total. The average molecular weight is 497 g/mol. The Bertz CT molecular complexity index is 1800. The van der Waals surface area contributed by atoms with Gasteiger partial charge >= 0.3 is 11.9 Å². The molecule has 2 aromatic heterocycles. The van der Waals surface area contributed by atoms with Crippen molar-refractivity contribution in [1.29, 1.82) is 0 Å². The first-order valence-electron chi connectivity index (χ1n) is 11.0. The maximum atomic E-state index is 13.5. The van der Waals surface area contributed by atoms with Crippen LogP contribution in [-0.4, -0.2) is 35.5 Å². The summed E-state index contributed by atoms with van der Waals surface area (Å²) in [4.78, 5) is 41.8. The average Bonchev–Trinajstić information content (AvgIpc) is 3.31. The molecule has 178 valence electrons. The number of benzene rings is 3. The molecule has 0 saturated carbocycles. The highest BCUT2D eigenvalue weighted by molar-refractivity contribution is 7.07. The van der Waals surface area contributed by atoms with Gasteiger partial charge in [0.25, 0.3) is 5.56 Å². The molecule has 3 aromatic carbocycles. The highest BCUT2D eigenvalue weighted by Crippen LogP contribution is 2.13. The summed E-state index contributed by atoms with van der Waals surface area (Å²) in [5.74, 6) is -0.827. The topological polar surface area (TPSA) is 87.0 Å². The lowest BCUT2D eigenvalue weighted by molar-refractivity contribution is 0.0592. The van der Waals surface area contributed by atoms with E-state index in [0.717, 1.165) is 26.7 Å². The van der Waals surface area contributed by atoms with E-state index in [9.17, 15) is 14.4 Å². The predicted octanol–water partition coefficient (Wildman–Crippen LogP) is 3.14. The van der Waals surface area contributed by atoms with Crippen molar-refractivity contribution in [2.45, 2.75) is 0 Å². The molecule has 5 rings (SSSR count). The number of esters is 2. The first-order valence-corrected chi connectivity index (χ1v) is 11.8. The molecular formula is C28H20N2O5S. The molecule has 0 bridgehead atoms. The van der Waals surface area contributed by atoms with E-state index < -0.39 is 11.9 Å². The van der Waals surface area contributed by atoms with Crippen molar-refractivity contribution in [2.75, 3.05) is 14.2 Å². The molecule has 8 heteroatoms. The number of carbonyl (C=O) groups excluding carboxylic acids is 2. The number of fused-ring (bicyclic) bond motifs is 3. The fourth-order valence-electron chi connectivity index (χ4n) is 3.87. The van der Waals surface area contributed by atoms with Crippen LogP contribution in [0.4, 0.5) is 0 Å². The Balaban J connectivity index is 1.74. The maximum absolute atomic E-state index is 13.5. The van der Waals surface area contributed by atoms with Crippen LogP contribution < -0.4 is 14.6 Å². The molecule has 5 aromatic rings. The minimum atomic E-state index is -0.421. The predicted molar refractivity (Wildman–Crippen MR) is 139 cm³/mol. The van der Waals surface area contributed by atoms with E-state index in [1.165, 1.54) is 25.6 Å². The van der Waals surface area contributed by atoms with Crippen molar-refractivity contribution in [2.24, 2.45) is 0 Å². The molecule has 0 aliphatic heterocycles. The van der Waals surface area contributed by atoms with Crippen LogP contribution in [0.1, 0.15) is 31.8 Å². The van der Waals surface area contributed by atoms with Crippen molar-refractivity contribution in [3.05, 3.63) is 114 Å². The number of hydrogen-bond donors (Lipinski definition) is 0. The van der Waals surface area contributed by atoms with Crippen LogP contribution in [-0.2, 0) is 9.47 Å². The lowest BCUT2D eigenvalue weighted by atomic mass is 10.1. The smallest absolute Gasteiger partial charge is 0.337 e. The second-order valence-corrected chi connectivity index (χ2v) is 8.99. The van der Waals surface area contributed by atoms with Crippen LogP contribution in [0.3, 0.4) is 0 Å². The maximum Gasteiger partial charge on any atom is 0.337 e. The molecule has 0 unspecified atom stereocenters. The summed E-state index contributed by atoms with van der Waals surface area (Å²) in [6, 6.07) is 21.4. The Morgan fingerprint density at radius 2 is 1.31 bits per heavy atom. The van der Waals surface area contributed by atoms with Gasteiger partial charge < -0.3 is 9.47 Å². The van der Waals surface area contributed by atoms with Gasteiger partial charge in [0, 0.05) is 0 Å². The first kappa shape index (κ1) is 23.2. The first-order chi connectivity index (χ1) is 17.5. The van der Waals surface area contributed by atoms with Crippen LogP contribution in [0, 0.1) is 0 Å². The molecule has 0 radical (unpaired) electrons. The number of rotatable bonds is 4. The summed E-state index contributed by atoms with van der Waals surface area (Å²) in [5.41, 5.74) is 4.32. The van der Waals surface area contributed by atoms with Gasteiger partial charge in [0.05, 0.1) is 45.4 Å². The van der Waals surface area contributed by atoms with Crippen LogP contribution in [0.25, 0.3) is 28.8 Å². The van der Waals surface area contributed by atoms with E-state index in [1.54, 1.807) is 46.9 Å². The van der Waals surface area contributed by atoms with E-state index in [2.05, 4.69) is 0 Å². The van der Waals surface area contributed by atoms with E-state index in [0.29, 0.717) is 21.3 Å². The molecule has 0 fully saturated rings. The Morgan fingerprint density at radius 3 is 1.86 bits per heavy atom. The second-order valence-electron chi connectivity index (χ2n) is 7.91. The molecule has 36 heavy (non-hydrogen) atoms. The van der Waals surface area contributed by atoms with Gasteiger partial charge in [0.1, 0.15) is 0 Å². The van der Waals surface area contributed by atoms with Crippen LogP contribution in [0.2, 0.25) is 0 Å². The van der Waals surface area contributed by atoms with Gasteiger partial charge in [-0.1, -0.05) is 36.4 Å². The molecule has 7 nitrogen and oxygen atoms in total. The number of para-hydroxylation sites is 2. The fraction of sp³-hybridized carbons (Fsp3) is 0.0714. The molecule has 2 heterocycles. The molecule has 0 aliphatic carbocycles. The third-order valence-electron chi connectivity index (χ3n) is 5.67. The number of methoxy groups -OCH3 is 2. The standard InChI is InChI=1S/C28H20N2O5S/c1-34-27(32)19-11-7-17(8-12-19)15-23-25-29-21-5-3-4-6-22(21)30(25)26(31)24(36-23)16-18-9-13-20(14-10-18)28(33)35-2/h3-16H,1-2H3/b23-15-,24-16-. The minimum Gasteiger partial charge on any atom is -0.465 e. The quantitative estimate of drug-likeness (QED) is 0.356. The van der Waals surface area contributed by atoms with Crippen LogP contribution in [0.5, 0.6) is 0 Å². The second kappa shape index (κ2) is 9.59. The van der Waals surface area contributed by atoms with Gasteiger partial charge in [0.15, 0.2) is 5.65 Å². The number of carbonyl (C=O) groups is 2. The summed E-state index contributed by atoms with van der Waals surface area (Å²) in [6.07, 6.45) is 3.73. The zero-order chi connectivity index (χ0) is 25.2. The van der Waals surface area contributed by atoms with Crippen LogP contribution >= 0.6 is 11.3 Å². The summed E-state index contributed by atoms with van der Waals surface area (Å²) < 4.78 is 12.4. The van der Waals surface area contributed by atoms with Crippen molar-refractivity contribution < 1.29 is 19.1 Å². The van der Waals surface area contributed by atoms with Crippen molar-refractivity contribution in [3.8, 4) is 0 Å². The normalized spacial score (nSPS) is 12.3. The highest BCUT2D eigenvalue weighted by Gasteiger charge is 2.11. The summed E-state index contributed by atoms with van der Waals surface area (Å²) in [7, 11) is 2.68. The van der Waals surface area contributed by atoms with Crippen LogP contribution in [0.15, 0.2) is 77.6 Å². The fourth-order valence-corrected chi connectivity index (χ4v) is 4.90. The Hall–Kier alpha value is -4.56. The van der Waals surface area contributed by atoms with E-state index in [1.807, 2.05) is 42.5 Å². The zero-order valence-electron chi connectivity index (χ0n) is 19.4. The van der Waals surface area contributed by atoms with Gasteiger partial charge in [-0.3, -0.25) is 9.20 Å². The van der Waals surface area contributed by atoms with Crippen molar-refractivity contribution in [3.63, 3.8) is 0 Å². The van der Waals surface area contributed by atoms with Gasteiger partial charge in [0.2, 0.25) is 0 Å². The third-order valence-corrected chi connectivity index (χ3v) is 6.71. The molecule has 0 saturated heterocycles. The van der Waals surface area contributed by atoms with E-state index >= 15 is 0 Å². The zero-order valence-corrected chi connectivity index (χ0v) is 20.2. The molecule has 0 aliphatic rings. The number of hydrogen-bond acceptors (Lipinski definition) is 7. The largest absolute Gasteiger partial charge is 0.465 e. The van der Waals surface area contributed by atoms with Gasteiger partial charge in [-0.15, -0.1) is 11.3 Å². The molecule has 0 spiro atoms. The minimum absolute atomic E-state index is 0.182. The number of aromatic nitrogens is 2. The van der Waals surface area contributed by atoms with Gasteiger partial charge in [-0.05, 0) is 59.7 Å². The SMILES string of the molecule is COC(=O)c1ccc(/C=c2\s/c(=C\c3ccc(C(=O)OC)cc3)c3nc4ccccc4n3c2=O)cc1. The highest BCUT2D eigenvalue weighted by atomic mass is 32.1. The summed E-state index contributed by atoms with van der Waals surface area (Å²) >= 11 is 1.32. The van der Waals surface area contributed by atoms with Crippen molar-refractivity contribution in [1.82, 2.24) is 9.38 Å². The van der Waals surface area contributed by atoms with E-state index in [-0.39, 0.29) is 5.56 Å². The third kappa shape index (κ3) is 4.30. The summed E-state index contributed by atoms with van der Waals surface area (Å²) in [5, 5.41) is 0. The number of ether oxygens (including phenoxy) is 2. The van der Waals surface area contributed by atoms with E-state index in [4.69, 9.17) is 14.5 Å². The summed E-state index contributed by atoms with van der Waals surface area (Å²) in [6.45, 7) is 0. The Morgan fingerprint density at radius 1 is 0.778 bits per heavy atom. The number of nitrogens with zero attached hydrogens (tertiary/aromatic N) is 2. The molecular weight excluding hydrogens is 476 g/mol. The molecule has 0 amide bonds. The lowest BCUT2D eigenvalue weighted by Crippen LogP contribution is -2.32. The number of imidazole rings is 1. The van der Waals surface area contributed by atoms with Gasteiger partial charge in [-0.2, -0.15) is 0 Å². The van der Waals surface area contributed by atoms with Crippen molar-refractivity contribution >= 4 is 52.1 Å². The van der Waals surface area contributed by atoms with Gasteiger partial charge in [-0.25, -0.2) is 14.6 Å². The monoisotopic (exact) mass is 496 g/mol.